The SMILES string of the molecule is S=c1[nH]nc(Cn2c3ccccc3c3ccccc32)n1/N=C/c1ccc(Br)cc1. The Morgan fingerprint density at radius 1 is 0.931 bits per heavy atom. The van der Waals surface area contributed by atoms with E-state index in [1.54, 1.807) is 10.9 Å². The van der Waals surface area contributed by atoms with Gasteiger partial charge in [0.25, 0.3) is 0 Å². The molecule has 0 spiro atoms. The number of aromatic amines is 1. The fourth-order valence-corrected chi connectivity index (χ4v) is 4.00. The van der Waals surface area contributed by atoms with Gasteiger partial charge in [-0.05, 0) is 42.0 Å². The molecule has 3 aromatic carbocycles. The summed E-state index contributed by atoms with van der Waals surface area (Å²) in [4.78, 5) is 0. The van der Waals surface area contributed by atoms with E-state index in [1.165, 1.54) is 10.8 Å². The summed E-state index contributed by atoms with van der Waals surface area (Å²) in [5.41, 5.74) is 3.30. The van der Waals surface area contributed by atoms with Crippen LogP contribution in [0.15, 0.2) is 82.4 Å². The Hall–Kier alpha value is -3.03. The third-order valence-corrected chi connectivity index (χ3v) is 5.68. The van der Waals surface area contributed by atoms with Crippen molar-refractivity contribution in [2.75, 3.05) is 0 Å². The first kappa shape index (κ1) is 18.0. The van der Waals surface area contributed by atoms with Crippen LogP contribution in [0.3, 0.4) is 0 Å². The number of nitrogens with one attached hydrogen (secondary N) is 1. The summed E-state index contributed by atoms with van der Waals surface area (Å²) >= 11 is 8.86. The number of aromatic nitrogens is 4. The predicted octanol–water partition coefficient (Wildman–Crippen LogP) is 5.74. The lowest BCUT2D eigenvalue weighted by Gasteiger charge is -2.07. The summed E-state index contributed by atoms with van der Waals surface area (Å²) in [5.74, 6) is 0.745. The van der Waals surface area contributed by atoms with Crippen molar-refractivity contribution in [1.29, 1.82) is 0 Å². The Kier molecular flexibility index (Phi) is 4.61. The quantitative estimate of drug-likeness (QED) is 0.274. The number of benzene rings is 3. The van der Waals surface area contributed by atoms with Crippen molar-refractivity contribution in [2.24, 2.45) is 5.10 Å². The van der Waals surface area contributed by atoms with Crippen molar-refractivity contribution in [3.05, 3.63) is 93.4 Å². The molecule has 0 atom stereocenters. The standard InChI is InChI=1S/C22H16BrN5S/c23-16-11-9-15(10-12-16)13-24-28-21(25-26-22(28)29)14-27-19-7-3-1-5-17(19)18-6-2-4-8-20(18)27/h1-13H,14H2,(H,26,29)/b24-13+. The first-order chi connectivity index (χ1) is 14.2. The first-order valence-corrected chi connectivity index (χ1v) is 10.3. The van der Waals surface area contributed by atoms with E-state index in [9.17, 15) is 0 Å². The normalized spacial score (nSPS) is 11.8. The van der Waals surface area contributed by atoms with E-state index in [1.807, 2.05) is 24.3 Å². The molecule has 7 heteroatoms. The van der Waals surface area contributed by atoms with Gasteiger partial charge in [0.05, 0.1) is 12.8 Å². The van der Waals surface area contributed by atoms with Gasteiger partial charge in [-0.25, -0.2) is 0 Å². The van der Waals surface area contributed by atoms with Crippen LogP contribution in [-0.4, -0.2) is 25.7 Å². The largest absolute Gasteiger partial charge is 0.333 e. The molecule has 29 heavy (non-hydrogen) atoms. The minimum Gasteiger partial charge on any atom is -0.333 e. The topological polar surface area (TPSA) is 50.9 Å². The Morgan fingerprint density at radius 2 is 1.55 bits per heavy atom. The molecule has 5 aromatic rings. The molecule has 0 bridgehead atoms. The van der Waals surface area contributed by atoms with E-state index in [4.69, 9.17) is 12.2 Å². The lowest BCUT2D eigenvalue weighted by molar-refractivity contribution is 0.716. The number of hydrogen-bond donors (Lipinski definition) is 1. The summed E-state index contributed by atoms with van der Waals surface area (Å²) in [6, 6.07) is 24.8. The van der Waals surface area contributed by atoms with Crippen molar-refractivity contribution in [1.82, 2.24) is 19.4 Å². The fraction of sp³-hybridized carbons (Fsp3) is 0.0455. The Labute approximate surface area is 180 Å². The summed E-state index contributed by atoms with van der Waals surface area (Å²) in [7, 11) is 0. The summed E-state index contributed by atoms with van der Waals surface area (Å²) < 4.78 is 5.43. The smallest absolute Gasteiger partial charge is 0.216 e. The average molecular weight is 462 g/mol. The number of H-pyrrole nitrogens is 1. The molecule has 0 saturated heterocycles. The molecule has 0 aliphatic carbocycles. The lowest BCUT2D eigenvalue weighted by atomic mass is 10.2. The zero-order chi connectivity index (χ0) is 19.8. The monoisotopic (exact) mass is 461 g/mol. The highest BCUT2D eigenvalue weighted by atomic mass is 79.9. The lowest BCUT2D eigenvalue weighted by Crippen LogP contribution is -2.06. The highest BCUT2D eigenvalue weighted by molar-refractivity contribution is 9.10. The number of nitrogens with zero attached hydrogens (tertiary/aromatic N) is 4. The average Bonchev–Trinajstić information content (AvgIpc) is 3.26. The minimum atomic E-state index is 0.467. The van der Waals surface area contributed by atoms with Crippen molar-refractivity contribution >= 4 is 56.2 Å². The Bertz CT molecular complexity index is 1360. The maximum atomic E-state index is 5.41. The van der Waals surface area contributed by atoms with Crippen LogP contribution in [0.1, 0.15) is 11.4 Å². The molecule has 2 heterocycles. The van der Waals surface area contributed by atoms with Crippen molar-refractivity contribution in [2.45, 2.75) is 6.54 Å². The molecule has 142 valence electrons. The van der Waals surface area contributed by atoms with Crippen LogP contribution in [0.25, 0.3) is 21.8 Å². The van der Waals surface area contributed by atoms with Gasteiger partial charge in [-0.2, -0.15) is 14.9 Å². The molecule has 1 N–H and O–H groups in total. The molecule has 0 amide bonds. The van der Waals surface area contributed by atoms with Gasteiger partial charge in [0, 0.05) is 26.3 Å². The van der Waals surface area contributed by atoms with E-state index >= 15 is 0 Å². The van der Waals surface area contributed by atoms with E-state index < -0.39 is 0 Å². The molecule has 2 aromatic heterocycles. The molecule has 5 rings (SSSR count). The van der Waals surface area contributed by atoms with Crippen LogP contribution in [-0.2, 0) is 6.54 Å². The summed E-state index contributed by atoms with van der Waals surface area (Å²) in [6.07, 6.45) is 1.78. The molecule has 0 aliphatic heterocycles. The highest BCUT2D eigenvalue weighted by Gasteiger charge is 2.13. The van der Waals surface area contributed by atoms with Crippen LogP contribution in [0.4, 0.5) is 0 Å². The van der Waals surface area contributed by atoms with Crippen LogP contribution >= 0.6 is 28.1 Å². The van der Waals surface area contributed by atoms with Crippen molar-refractivity contribution in [3.63, 3.8) is 0 Å². The predicted molar refractivity (Wildman–Crippen MR) is 123 cm³/mol. The molecule has 0 unspecified atom stereocenters. The molecular weight excluding hydrogens is 446 g/mol. The molecule has 0 fully saturated rings. The number of rotatable bonds is 4. The van der Waals surface area contributed by atoms with E-state index in [2.05, 4.69) is 84.3 Å². The molecular formula is C22H16BrN5S. The van der Waals surface area contributed by atoms with Gasteiger partial charge in [-0.3, -0.25) is 5.10 Å². The zero-order valence-corrected chi connectivity index (χ0v) is 17.7. The van der Waals surface area contributed by atoms with Gasteiger partial charge in [0.2, 0.25) is 4.77 Å². The van der Waals surface area contributed by atoms with Crippen molar-refractivity contribution in [3.8, 4) is 0 Å². The van der Waals surface area contributed by atoms with E-state index in [0.29, 0.717) is 11.3 Å². The van der Waals surface area contributed by atoms with E-state index in [-0.39, 0.29) is 0 Å². The first-order valence-electron chi connectivity index (χ1n) is 9.13. The Balaban J connectivity index is 1.58. The van der Waals surface area contributed by atoms with Crippen LogP contribution in [0.2, 0.25) is 0 Å². The van der Waals surface area contributed by atoms with Crippen molar-refractivity contribution < 1.29 is 0 Å². The number of hydrogen-bond acceptors (Lipinski definition) is 3. The maximum Gasteiger partial charge on any atom is 0.216 e. The number of para-hydroxylation sites is 2. The molecule has 0 radical (unpaired) electrons. The highest BCUT2D eigenvalue weighted by Crippen LogP contribution is 2.29. The second kappa shape index (κ2) is 7.42. The third kappa shape index (κ3) is 3.32. The molecule has 5 nitrogen and oxygen atoms in total. The van der Waals surface area contributed by atoms with Gasteiger partial charge >= 0.3 is 0 Å². The van der Waals surface area contributed by atoms with Gasteiger partial charge in [-0.15, -0.1) is 0 Å². The maximum absolute atomic E-state index is 5.41. The third-order valence-electron chi connectivity index (χ3n) is 4.89. The number of halogens is 1. The van der Waals surface area contributed by atoms with Crippen LogP contribution in [0, 0.1) is 4.77 Å². The zero-order valence-electron chi connectivity index (χ0n) is 15.3. The molecule has 0 saturated carbocycles. The molecule has 0 aliphatic rings. The van der Waals surface area contributed by atoms with Gasteiger partial charge in [0.15, 0.2) is 5.82 Å². The number of fused-ring (bicyclic) bond motifs is 3. The fourth-order valence-electron chi connectivity index (χ4n) is 3.53. The second-order valence-corrected chi connectivity index (χ2v) is 7.98. The second-order valence-electron chi connectivity index (χ2n) is 6.67. The minimum absolute atomic E-state index is 0.467. The van der Waals surface area contributed by atoms with Gasteiger partial charge < -0.3 is 4.57 Å². The van der Waals surface area contributed by atoms with Crippen LogP contribution in [0.5, 0.6) is 0 Å². The van der Waals surface area contributed by atoms with Gasteiger partial charge in [-0.1, -0.05) is 64.5 Å². The Morgan fingerprint density at radius 3 is 2.21 bits per heavy atom. The van der Waals surface area contributed by atoms with Crippen LogP contribution < -0.4 is 0 Å². The summed E-state index contributed by atoms with van der Waals surface area (Å²) in [6.45, 7) is 0.554. The summed E-state index contributed by atoms with van der Waals surface area (Å²) in [5, 5.41) is 14.3. The van der Waals surface area contributed by atoms with E-state index in [0.717, 1.165) is 26.9 Å². The van der Waals surface area contributed by atoms with Gasteiger partial charge in [0.1, 0.15) is 0 Å².